The summed E-state index contributed by atoms with van der Waals surface area (Å²) in [6.07, 6.45) is 11.3. The van der Waals surface area contributed by atoms with Crippen molar-refractivity contribution in [2.75, 3.05) is 10.6 Å². The van der Waals surface area contributed by atoms with Crippen LogP contribution in [0, 0.1) is 12.8 Å². The molecule has 1 aromatic carbocycles. The summed E-state index contributed by atoms with van der Waals surface area (Å²) in [7, 11) is 0. The lowest BCUT2D eigenvalue weighted by Gasteiger charge is -2.20. The number of pyridine rings is 2. The van der Waals surface area contributed by atoms with Crippen molar-refractivity contribution in [3.05, 3.63) is 66.6 Å². The number of nitrogens with one attached hydrogen (secondary N) is 3. The van der Waals surface area contributed by atoms with Crippen molar-refractivity contribution in [2.24, 2.45) is 5.92 Å². The minimum absolute atomic E-state index is 0.118. The molecular formula is C26H28N6O2. The number of rotatable bonds is 5. The van der Waals surface area contributed by atoms with Gasteiger partial charge in [-0.15, -0.1) is 0 Å². The van der Waals surface area contributed by atoms with Gasteiger partial charge in [-0.25, -0.2) is 9.97 Å². The van der Waals surface area contributed by atoms with Gasteiger partial charge in [-0.3, -0.25) is 14.6 Å². The fourth-order valence-electron chi connectivity index (χ4n) is 3.95. The predicted molar refractivity (Wildman–Crippen MR) is 133 cm³/mol. The summed E-state index contributed by atoms with van der Waals surface area (Å²) in [4.78, 5) is 38.7. The zero-order valence-corrected chi connectivity index (χ0v) is 19.1. The van der Waals surface area contributed by atoms with Gasteiger partial charge >= 0.3 is 0 Å². The Kier molecular flexibility index (Phi) is 7.60. The van der Waals surface area contributed by atoms with Crippen LogP contribution in [0.25, 0.3) is 22.4 Å². The van der Waals surface area contributed by atoms with Crippen molar-refractivity contribution in [3.8, 4) is 11.4 Å². The first-order valence-electron chi connectivity index (χ1n) is 11.5. The van der Waals surface area contributed by atoms with Crippen LogP contribution in [-0.4, -0.2) is 32.3 Å². The van der Waals surface area contributed by atoms with Crippen LogP contribution >= 0.6 is 0 Å². The first-order chi connectivity index (χ1) is 16.6. The fourth-order valence-corrected chi connectivity index (χ4v) is 3.95. The topological polar surface area (TPSA) is 113 Å². The van der Waals surface area contributed by atoms with Crippen molar-refractivity contribution >= 4 is 34.9 Å². The molecule has 2 amide bonds. The third-order valence-corrected chi connectivity index (χ3v) is 5.79. The Bertz CT molecular complexity index is 1230. The third-order valence-electron chi connectivity index (χ3n) is 5.79. The number of imidazole rings is 1. The van der Waals surface area contributed by atoms with Crippen LogP contribution < -0.4 is 10.6 Å². The predicted octanol–water partition coefficient (Wildman–Crippen LogP) is 5.10. The molecule has 1 aliphatic rings. The zero-order chi connectivity index (χ0) is 23.8. The van der Waals surface area contributed by atoms with Crippen LogP contribution in [0.15, 0.2) is 61.1 Å². The van der Waals surface area contributed by atoms with E-state index in [9.17, 15) is 9.59 Å². The molecule has 4 aromatic rings. The molecule has 1 aliphatic carbocycles. The Morgan fingerprint density at radius 3 is 2.53 bits per heavy atom. The summed E-state index contributed by atoms with van der Waals surface area (Å²) in [5.41, 5.74) is 4.42. The van der Waals surface area contributed by atoms with E-state index in [1.54, 1.807) is 18.5 Å². The monoisotopic (exact) mass is 456 g/mol. The van der Waals surface area contributed by atoms with Gasteiger partial charge in [0.1, 0.15) is 11.6 Å². The summed E-state index contributed by atoms with van der Waals surface area (Å²) in [5.74, 6) is 1.42. The Labute approximate surface area is 198 Å². The minimum atomic E-state index is 0.118. The van der Waals surface area contributed by atoms with Crippen LogP contribution in [0.5, 0.6) is 0 Å². The Hall–Kier alpha value is -4.07. The Balaban J connectivity index is 0.000000336. The molecule has 34 heavy (non-hydrogen) atoms. The average Bonchev–Trinajstić information content (AvgIpc) is 3.30. The molecule has 5 rings (SSSR count). The minimum Gasteiger partial charge on any atom is -0.337 e. The quantitative estimate of drug-likeness (QED) is 0.362. The lowest BCUT2D eigenvalue weighted by molar-refractivity contribution is -0.120. The smallest absolute Gasteiger partial charge is 0.227 e. The third kappa shape index (κ3) is 6.04. The highest BCUT2D eigenvalue weighted by Crippen LogP contribution is 2.26. The molecule has 1 saturated carbocycles. The molecule has 0 aliphatic heterocycles. The van der Waals surface area contributed by atoms with Gasteiger partial charge in [0.15, 0.2) is 0 Å². The molecule has 0 saturated heterocycles. The fraction of sp³-hybridized carbons (Fsp3) is 0.269. The number of carbonyl (C=O) groups is 2. The largest absolute Gasteiger partial charge is 0.337 e. The standard InChI is InChI=1S/C20H21N5O2.C6H7N/c26-12-22-18-10-16-17(11-21-18)25-19(24-16)13-6-8-15(9-7-13)23-20(27)14-4-2-1-3-5-14;1-6-3-2-4-7-5-6/h6-12,14H,1-5H2,(H,23,27)(H,24,25)(H,21,22,26);2-5H,1H3. The first kappa shape index (κ1) is 23.1. The number of hydrogen-bond acceptors (Lipinski definition) is 5. The van der Waals surface area contributed by atoms with Gasteiger partial charge in [-0.1, -0.05) is 25.3 Å². The van der Waals surface area contributed by atoms with Crippen molar-refractivity contribution in [2.45, 2.75) is 39.0 Å². The zero-order valence-electron chi connectivity index (χ0n) is 19.1. The van der Waals surface area contributed by atoms with E-state index in [4.69, 9.17) is 0 Å². The molecule has 0 bridgehead atoms. The van der Waals surface area contributed by atoms with Crippen LogP contribution in [0.4, 0.5) is 11.5 Å². The van der Waals surface area contributed by atoms with E-state index in [2.05, 4.69) is 30.6 Å². The molecule has 8 nitrogen and oxygen atoms in total. The second-order valence-electron chi connectivity index (χ2n) is 8.37. The lowest BCUT2D eigenvalue weighted by atomic mass is 9.88. The molecule has 3 heterocycles. The second-order valence-corrected chi connectivity index (χ2v) is 8.37. The molecule has 8 heteroatoms. The summed E-state index contributed by atoms with van der Waals surface area (Å²) in [5, 5.41) is 5.53. The number of fused-ring (bicyclic) bond motifs is 1. The molecule has 3 aromatic heterocycles. The summed E-state index contributed by atoms with van der Waals surface area (Å²) in [6, 6.07) is 13.3. The molecule has 0 spiro atoms. The summed E-state index contributed by atoms with van der Waals surface area (Å²) in [6.45, 7) is 2.02. The first-order valence-corrected chi connectivity index (χ1v) is 11.5. The highest BCUT2D eigenvalue weighted by Gasteiger charge is 2.21. The van der Waals surface area contributed by atoms with Crippen LogP contribution in [0.1, 0.15) is 37.7 Å². The lowest BCUT2D eigenvalue weighted by Crippen LogP contribution is -2.24. The maximum atomic E-state index is 12.4. The molecule has 0 atom stereocenters. The Morgan fingerprint density at radius 2 is 1.88 bits per heavy atom. The van der Waals surface area contributed by atoms with Crippen molar-refractivity contribution in [3.63, 3.8) is 0 Å². The van der Waals surface area contributed by atoms with E-state index in [1.165, 1.54) is 12.0 Å². The number of benzene rings is 1. The molecule has 0 unspecified atom stereocenters. The highest BCUT2D eigenvalue weighted by atomic mass is 16.2. The van der Waals surface area contributed by atoms with Gasteiger partial charge in [-0.05, 0) is 55.7 Å². The number of aryl methyl sites for hydroxylation is 1. The number of aromatic amines is 1. The molecule has 174 valence electrons. The number of anilines is 2. The number of carbonyl (C=O) groups excluding carboxylic acids is 2. The number of H-pyrrole nitrogens is 1. The van der Waals surface area contributed by atoms with Crippen molar-refractivity contribution in [1.29, 1.82) is 0 Å². The van der Waals surface area contributed by atoms with Crippen LogP contribution in [0.3, 0.4) is 0 Å². The maximum absolute atomic E-state index is 12.4. The van der Waals surface area contributed by atoms with Crippen LogP contribution in [0.2, 0.25) is 0 Å². The number of hydrogen-bond donors (Lipinski definition) is 3. The highest BCUT2D eigenvalue weighted by molar-refractivity contribution is 5.93. The van der Waals surface area contributed by atoms with Gasteiger partial charge in [0.05, 0.1) is 17.2 Å². The van der Waals surface area contributed by atoms with Gasteiger partial charge < -0.3 is 15.6 Å². The van der Waals surface area contributed by atoms with E-state index >= 15 is 0 Å². The van der Waals surface area contributed by atoms with Gasteiger partial charge in [0, 0.05) is 35.6 Å². The number of nitrogens with zero attached hydrogens (tertiary/aromatic N) is 3. The van der Waals surface area contributed by atoms with E-state index < -0.39 is 0 Å². The molecule has 0 radical (unpaired) electrons. The SMILES string of the molecule is Cc1cccnc1.O=CNc1cc2nc(-c3ccc(NC(=O)C4CCCCC4)cc3)[nH]c2cn1. The maximum Gasteiger partial charge on any atom is 0.227 e. The molecule has 1 fully saturated rings. The van der Waals surface area contributed by atoms with Crippen molar-refractivity contribution < 1.29 is 9.59 Å². The van der Waals surface area contributed by atoms with Gasteiger partial charge in [0.25, 0.3) is 0 Å². The van der Waals surface area contributed by atoms with Gasteiger partial charge in [-0.2, -0.15) is 0 Å². The normalized spacial score (nSPS) is 13.6. The summed E-state index contributed by atoms with van der Waals surface area (Å²) >= 11 is 0. The van der Waals surface area contributed by atoms with Crippen LogP contribution in [-0.2, 0) is 9.59 Å². The van der Waals surface area contributed by atoms with Crippen molar-refractivity contribution in [1.82, 2.24) is 19.9 Å². The molecule has 3 N–H and O–H groups in total. The number of aromatic nitrogens is 4. The van der Waals surface area contributed by atoms with E-state index in [0.717, 1.165) is 48.0 Å². The second kappa shape index (κ2) is 11.2. The van der Waals surface area contributed by atoms with E-state index in [0.29, 0.717) is 18.1 Å². The molecular weight excluding hydrogens is 428 g/mol. The Morgan fingerprint density at radius 1 is 1.09 bits per heavy atom. The number of amides is 2. The van der Waals surface area contributed by atoms with Gasteiger partial charge in [0.2, 0.25) is 12.3 Å². The van der Waals surface area contributed by atoms with E-state index in [-0.39, 0.29) is 11.8 Å². The summed E-state index contributed by atoms with van der Waals surface area (Å²) < 4.78 is 0. The average molecular weight is 457 g/mol. The van der Waals surface area contributed by atoms with E-state index in [1.807, 2.05) is 49.5 Å².